The molecule has 322 valence electrons. The van der Waals surface area contributed by atoms with Gasteiger partial charge < -0.3 is 33.3 Å². The van der Waals surface area contributed by atoms with Crippen LogP contribution in [0.25, 0.3) is 11.3 Å². The van der Waals surface area contributed by atoms with Crippen LogP contribution >= 0.6 is 0 Å². The lowest BCUT2D eigenvalue weighted by Gasteiger charge is -2.40. The number of rotatable bonds is 13. The molecule has 0 bridgehead atoms. The first-order chi connectivity index (χ1) is 30.7. The van der Waals surface area contributed by atoms with E-state index in [0.29, 0.717) is 84.6 Å². The van der Waals surface area contributed by atoms with Crippen molar-refractivity contribution in [2.24, 2.45) is 7.05 Å². The van der Waals surface area contributed by atoms with Crippen LogP contribution in [0.1, 0.15) is 59.8 Å². The highest BCUT2D eigenvalue weighted by atomic mass is 16.5. The summed E-state index contributed by atoms with van der Waals surface area (Å²) >= 11 is 0. The number of anilines is 1. The molecule has 0 unspecified atom stereocenters. The molecular weight excluding hydrogens is 791 g/mol. The Balaban J connectivity index is 1.18. The van der Waals surface area contributed by atoms with Crippen molar-refractivity contribution < 1.29 is 28.5 Å². The monoisotopic (exact) mass is 843 g/mol. The highest BCUT2D eigenvalue weighted by molar-refractivity contribution is 6.08. The number of amides is 2. The number of ether oxygens (including phenoxy) is 4. The summed E-state index contributed by atoms with van der Waals surface area (Å²) in [7, 11) is 5.06. The normalized spacial score (nSPS) is 15.0. The van der Waals surface area contributed by atoms with E-state index in [-0.39, 0.29) is 30.0 Å². The van der Waals surface area contributed by atoms with Crippen LogP contribution in [0.3, 0.4) is 0 Å². The number of carbonyl (C=O) groups excluding carboxylic acids is 2. The zero-order chi connectivity index (χ0) is 44.0. The van der Waals surface area contributed by atoms with E-state index in [1.807, 2.05) is 115 Å². The maximum absolute atomic E-state index is 15.2. The Hall–Kier alpha value is -6.87. The minimum absolute atomic E-state index is 0.109. The SMILES string of the molecule is COc1cc(-c2cc(C(=O)N(Cc3cccc(OC)c3C)c3ccc(OCc4ccccc4)cc3)c(C)n2C)c(C(=O)N2Cc3ccccc3C[C@H]2CN2CCOCC2)cc1C#N. The van der Waals surface area contributed by atoms with Gasteiger partial charge in [-0.15, -0.1) is 0 Å². The Labute approximate surface area is 369 Å². The van der Waals surface area contributed by atoms with Crippen LogP contribution in [0.15, 0.2) is 115 Å². The molecule has 0 aliphatic carbocycles. The van der Waals surface area contributed by atoms with Crippen molar-refractivity contribution in [2.75, 3.05) is 52.0 Å². The van der Waals surface area contributed by atoms with Gasteiger partial charge in [-0.05, 0) is 96.6 Å². The highest BCUT2D eigenvalue weighted by Crippen LogP contribution is 2.37. The van der Waals surface area contributed by atoms with Crippen molar-refractivity contribution in [1.82, 2.24) is 14.4 Å². The Kier molecular flexibility index (Phi) is 12.9. The predicted octanol–water partition coefficient (Wildman–Crippen LogP) is 8.52. The zero-order valence-electron chi connectivity index (χ0n) is 36.6. The van der Waals surface area contributed by atoms with Gasteiger partial charge in [-0.3, -0.25) is 14.5 Å². The van der Waals surface area contributed by atoms with Crippen molar-refractivity contribution in [3.8, 4) is 34.6 Å². The molecule has 2 amide bonds. The average molecular weight is 844 g/mol. The van der Waals surface area contributed by atoms with Gasteiger partial charge in [0.1, 0.15) is 29.9 Å². The van der Waals surface area contributed by atoms with E-state index < -0.39 is 0 Å². The van der Waals surface area contributed by atoms with Crippen molar-refractivity contribution >= 4 is 17.5 Å². The van der Waals surface area contributed by atoms with Gasteiger partial charge in [0.05, 0.1) is 50.7 Å². The van der Waals surface area contributed by atoms with Crippen molar-refractivity contribution in [1.29, 1.82) is 5.26 Å². The van der Waals surface area contributed by atoms with Gasteiger partial charge in [-0.1, -0.05) is 66.7 Å². The van der Waals surface area contributed by atoms with Crippen molar-refractivity contribution in [3.63, 3.8) is 0 Å². The van der Waals surface area contributed by atoms with Crippen LogP contribution < -0.4 is 19.1 Å². The van der Waals surface area contributed by atoms with Gasteiger partial charge in [0.2, 0.25) is 0 Å². The molecular formula is C52H53N5O6. The molecule has 1 saturated heterocycles. The van der Waals surface area contributed by atoms with Crippen LogP contribution in [0.5, 0.6) is 17.2 Å². The first-order valence-electron chi connectivity index (χ1n) is 21.3. The molecule has 8 rings (SSSR count). The fraction of sp³-hybridized carbons (Fsp3) is 0.288. The lowest BCUT2D eigenvalue weighted by atomic mass is 9.91. The van der Waals surface area contributed by atoms with Crippen LogP contribution in [-0.4, -0.2) is 79.3 Å². The van der Waals surface area contributed by atoms with E-state index in [1.54, 1.807) is 24.1 Å². The highest BCUT2D eigenvalue weighted by Gasteiger charge is 2.35. The molecule has 1 aromatic heterocycles. The summed E-state index contributed by atoms with van der Waals surface area (Å²) in [5, 5.41) is 10.3. The van der Waals surface area contributed by atoms with Crippen LogP contribution in [0, 0.1) is 25.2 Å². The number of nitrogens with zero attached hydrogens (tertiary/aromatic N) is 5. The molecule has 3 heterocycles. The second kappa shape index (κ2) is 19.0. The molecule has 5 aromatic carbocycles. The smallest absolute Gasteiger partial charge is 0.260 e. The van der Waals surface area contributed by atoms with Crippen molar-refractivity contribution in [3.05, 3.63) is 165 Å². The average Bonchev–Trinajstić information content (AvgIpc) is 3.62. The van der Waals surface area contributed by atoms with Gasteiger partial charge in [0.15, 0.2) is 0 Å². The standard InChI is InChI=1S/C52H53N5O6/c1-35-39(16-11-17-49(35)60-4)31-56(42-18-20-44(21-19-42)63-34-37-12-7-6-8-13-37)51(58)45-28-48(54(3)36(45)2)46-29-50(61-5)41(30-53)27-47(46)52(59)57-32-40-15-10-9-14-38(40)26-43(57)33-55-22-24-62-25-23-55/h6-21,27-29,43H,22-26,31-34H2,1-5H3/t43-/m0/s1. The molecule has 0 spiro atoms. The summed E-state index contributed by atoms with van der Waals surface area (Å²) in [6, 6.07) is 39.1. The number of aromatic nitrogens is 1. The van der Waals surface area contributed by atoms with Gasteiger partial charge in [0, 0.05) is 61.9 Å². The second-order valence-electron chi connectivity index (χ2n) is 16.2. The number of benzene rings is 5. The molecule has 11 heteroatoms. The Morgan fingerprint density at radius 2 is 1.54 bits per heavy atom. The van der Waals surface area contributed by atoms with Crippen LogP contribution in [0.4, 0.5) is 5.69 Å². The number of hydrogen-bond acceptors (Lipinski definition) is 8. The first-order valence-corrected chi connectivity index (χ1v) is 21.3. The maximum Gasteiger partial charge on any atom is 0.260 e. The second-order valence-corrected chi connectivity index (χ2v) is 16.2. The van der Waals surface area contributed by atoms with Gasteiger partial charge in [-0.2, -0.15) is 5.26 Å². The third-order valence-corrected chi connectivity index (χ3v) is 12.5. The largest absolute Gasteiger partial charge is 0.496 e. The number of fused-ring (bicyclic) bond motifs is 1. The van der Waals surface area contributed by atoms with Crippen LogP contribution in [-0.2, 0) is 37.9 Å². The first kappa shape index (κ1) is 42.8. The third kappa shape index (κ3) is 9.05. The van der Waals surface area contributed by atoms with E-state index in [4.69, 9.17) is 18.9 Å². The topological polar surface area (TPSA) is 110 Å². The molecule has 6 aromatic rings. The lowest BCUT2D eigenvalue weighted by Crippen LogP contribution is -2.52. The number of hydrogen-bond donors (Lipinski definition) is 0. The number of morpholine rings is 1. The molecule has 1 atom stereocenters. The van der Waals surface area contributed by atoms with E-state index in [2.05, 4.69) is 29.2 Å². The quantitative estimate of drug-likeness (QED) is 0.114. The van der Waals surface area contributed by atoms with E-state index >= 15 is 9.59 Å². The Morgan fingerprint density at radius 3 is 2.25 bits per heavy atom. The third-order valence-electron chi connectivity index (χ3n) is 12.5. The fourth-order valence-electron chi connectivity index (χ4n) is 8.74. The van der Waals surface area contributed by atoms with Gasteiger partial charge in [-0.25, -0.2) is 0 Å². The number of nitriles is 1. The Morgan fingerprint density at radius 1 is 0.825 bits per heavy atom. The fourth-order valence-corrected chi connectivity index (χ4v) is 8.74. The van der Waals surface area contributed by atoms with Gasteiger partial charge in [0.25, 0.3) is 11.8 Å². The summed E-state index contributed by atoms with van der Waals surface area (Å²) in [5.74, 6) is 1.35. The number of methoxy groups -OCH3 is 2. The summed E-state index contributed by atoms with van der Waals surface area (Å²) < 4.78 is 25.1. The number of carbonyl (C=O) groups is 2. The zero-order valence-corrected chi connectivity index (χ0v) is 36.6. The Bertz CT molecular complexity index is 2640. The molecule has 2 aliphatic heterocycles. The predicted molar refractivity (Wildman–Crippen MR) is 243 cm³/mol. The molecule has 0 N–H and O–H groups in total. The van der Waals surface area contributed by atoms with E-state index in [0.717, 1.165) is 41.1 Å². The lowest BCUT2D eigenvalue weighted by molar-refractivity contribution is 0.0193. The van der Waals surface area contributed by atoms with Crippen molar-refractivity contribution in [2.45, 2.75) is 46.0 Å². The summed E-state index contributed by atoms with van der Waals surface area (Å²) in [4.78, 5) is 36.5. The molecule has 2 aliphatic rings. The molecule has 0 saturated carbocycles. The molecule has 11 nitrogen and oxygen atoms in total. The summed E-state index contributed by atoms with van der Waals surface area (Å²) in [6.45, 7) is 8.63. The maximum atomic E-state index is 15.2. The summed E-state index contributed by atoms with van der Waals surface area (Å²) in [6.07, 6.45) is 0.709. The van der Waals surface area contributed by atoms with E-state index in [9.17, 15) is 5.26 Å². The molecule has 1 fully saturated rings. The minimum Gasteiger partial charge on any atom is -0.496 e. The molecule has 63 heavy (non-hydrogen) atoms. The minimum atomic E-state index is -0.221. The van der Waals surface area contributed by atoms with Gasteiger partial charge >= 0.3 is 0 Å². The summed E-state index contributed by atoms with van der Waals surface area (Å²) in [5.41, 5.74) is 8.96. The van der Waals surface area contributed by atoms with Crippen LogP contribution in [0.2, 0.25) is 0 Å². The molecule has 0 radical (unpaired) electrons. The van der Waals surface area contributed by atoms with E-state index in [1.165, 1.54) is 12.7 Å².